The number of carbonyl (C=O) groups excluding carboxylic acids is 1. The van der Waals surface area contributed by atoms with Crippen LogP contribution in [-0.2, 0) is 16.0 Å². The molecule has 0 spiro atoms. The highest BCUT2D eigenvalue weighted by Gasteiger charge is 2.13. The van der Waals surface area contributed by atoms with Crippen LogP contribution in [0.25, 0.3) is 0 Å². The molecule has 2 rings (SSSR count). The van der Waals surface area contributed by atoms with E-state index < -0.39 is 0 Å². The fourth-order valence-electron chi connectivity index (χ4n) is 2.11. The Hall–Kier alpha value is -1.07. The lowest BCUT2D eigenvalue weighted by molar-refractivity contribution is -0.120. The van der Waals surface area contributed by atoms with Crippen LogP contribution >= 0.6 is 11.8 Å². The largest absolute Gasteiger partial charge is 0.381 e. The van der Waals surface area contributed by atoms with Crippen molar-refractivity contribution in [3.63, 3.8) is 0 Å². The third kappa shape index (κ3) is 5.51. The predicted octanol–water partition coefficient (Wildman–Crippen LogP) is 2.40. The second-order valence-corrected chi connectivity index (χ2v) is 6.24. The summed E-state index contributed by atoms with van der Waals surface area (Å²) in [7, 11) is 0. The molecule has 0 radical (unpaired) electrons. The molecule has 110 valence electrons. The molecule has 0 aliphatic carbocycles. The molecule has 1 aliphatic heterocycles. The molecule has 1 saturated heterocycles. The molecule has 1 aromatic rings. The maximum Gasteiger partial charge on any atom is 0.224 e. The molecule has 1 heterocycles. The van der Waals surface area contributed by atoms with Gasteiger partial charge in [0, 0.05) is 30.8 Å². The zero-order chi connectivity index (χ0) is 14.2. The summed E-state index contributed by atoms with van der Waals surface area (Å²) in [5.41, 5.74) is 0.834. The van der Waals surface area contributed by atoms with Crippen LogP contribution in [0.5, 0.6) is 0 Å². The van der Waals surface area contributed by atoms with E-state index >= 15 is 0 Å². The van der Waals surface area contributed by atoms with Gasteiger partial charge >= 0.3 is 0 Å². The van der Waals surface area contributed by atoms with Crippen LogP contribution in [0.15, 0.2) is 24.3 Å². The molecule has 0 aromatic heterocycles. The minimum absolute atomic E-state index is 0.0100. The topological polar surface area (TPSA) is 38.3 Å². The smallest absolute Gasteiger partial charge is 0.224 e. The molecule has 1 aromatic carbocycles. The first-order valence-corrected chi connectivity index (χ1v) is 7.99. The number of carbonyl (C=O) groups is 1. The molecule has 3 nitrogen and oxygen atoms in total. The van der Waals surface area contributed by atoms with Crippen LogP contribution in [0.3, 0.4) is 0 Å². The predicted molar refractivity (Wildman–Crippen MR) is 79.4 cm³/mol. The lowest BCUT2D eigenvalue weighted by Gasteiger charge is -2.21. The third-order valence-electron chi connectivity index (χ3n) is 3.22. The lowest BCUT2D eigenvalue weighted by Crippen LogP contribution is -2.28. The standard InChI is InChI=1S/C15H20FNO2S/c16-13-3-1-12(2-4-13)11-15(18)17-7-10-20-14-5-8-19-9-6-14/h1-4,14H,5-11H2,(H,17,18). The van der Waals surface area contributed by atoms with Crippen molar-refractivity contribution in [2.75, 3.05) is 25.5 Å². The second kappa shape index (κ2) is 8.27. The van der Waals surface area contributed by atoms with Crippen molar-refractivity contribution >= 4 is 17.7 Å². The summed E-state index contributed by atoms with van der Waals surface area (Å²) in [6.45, 7) is 2.39. The highest BCUT2D eigenvalue weighted by Crippen LogP contribution is 2.21. The number of hydrogen-bond donors (Lipinski definition) is 1. The van der Waals surface area contributed by atoms with Crippen molar-refractivity contribution in [1.29, 1.82) is 0 Å². The summed E-state index contributed by atoms with van der Waals surface area (Å²) < 4.78 is 18.0. The number of ether oxygens (including phenoxy) is 1. The Morgan fingerprint density at radius 1 is 1.30 bits per heavy atom. The first kappa shape index (κ1) is 15.3. The number of nitrogens with one attached hydrogen (secondary N) is 1. The van der Waals surface area contributed by atoms with E-state index in [1.807, 2.05) is 11.8 Å². The first-order chi connectivity index (χ1) is 9.74. The fourth-order valence-corrected chi connectivity index (χ4v) is 3.19. The maximum atomic E-state index is 12.7. The van der Waals surface area contributed by atoms with Crippen LogP contribution < -0.4 is 5.32 Å². The first-order valence-electron chi connectivity index (χ1n) is 6.94. The number of halogens is 1. The van der Waals surface area contributed by atoms with Crippen molar-refractivity contribution in [3.8, 4) is 0 Å². The van der Waals surface area contributed by atoms with Crippen molar-refractivity contribution < 1.29 is 13.9 Å². The maximum absolute atomic E-state index is 12.7. The van der Waals surface area contributed by atoms with E-state index in [1.54, 1.807) is 12.1 Å². The summed E-state index contributed by atoms with van der Waals surface area (Å²) in [6, 6.07) is 6.05. The van der Waals surface area contributed by atoms with Crippen LogP contribution in [0.4, 0.5) is 4.39 Å². The van der Waals surface area contributed by atoms with Gasteiger partial charge in [0.05, 0.1) is 6.42 Å². The molecule has 5 heteroatoms. The molecule has 1 fully saturated rings. The highest BCUT2D eigenvalue weighted by molar-refractivity contribution is 7.99. The van der Waals surface area contributed by atoms with Gasteiger partial charge in [-0.05, 0) is 30.5 Å². The summed E-state index contributed by atoms with van der Waals surface area (Å²) in [6.07, 6.45) is 2.52. The quantitative estimate of drug-likeness (QED) is 0.819. The Balaban J connectivity index is 1.59. The Morgan fingerprint density at radius 3 is 2.70 bits per heavy atom. The molecule has 1 aliphatic rings. The average Bonchev–Trinajstić information content (AvgIpc) is 2.47. The summed E-state index contributed by atoms with van der Waals surface area (Å²) >= 11 is 1.90. The van der Waals surface area contributed by atoms with E-state index in [0.717, 1.165) is 37.4 Å². The van der Waals surface area contributed by atoms with Gasteiger partial charge in [0.1, 0.15) is 5.82 Å². The number of amides is 1. The van der Waals surface area contributed by atoms with Crippen molar-refractivity contribution in [2.24, 2.45) is 0 Å². The van der Waals surface area contributed by atoms with Gasteiger partial charge < -0.3 is 10.1 Å². The van der Waals surface area contributed by atoms with Crippen molar-refractivity contribution in [3.05, 3.63) is 35.6 Å². The van der Waals surface area contributed by atoms with Crippen LogP contribution in [-0.4, -0.2) is 36.7 Å². The summed E-state index contributed by atoms with van der Waals surface area (Å²) in [4.78, 5) is 11.7. The van der Waals surface area contributed by atoms with E-state index in [4.69, 9.17) is 4.74 Å². The van der Waals surface area contributed by atoms with E-state index in [-0.39, 0.29) is 11.7 Å². The second-order valence-electron chi connectivity index (χ2n) is 4.84. The lowest BCUT2D eigenvalue weighted by atomic mass is 10.1. The van der Waals surface area contributed by atoms with Crippen LogP contribution in [0.1, 0.15) is 18.4 Å². The van der Waals surface area contributed by atoms with Gasteiger partial charge in [0.2, 0.25) is 5.91 Å². The molecule has 0 saturated carbocycles. The third-order valence-corrected chi connectivity index (χ3v) is 4.61. The van der Waals surface area contributed by atoms with Gasteiger partial charge in [-0.2, -0.15) is 11.8 Å². The molecule has 1 amide bonds. The summed E-state index contributed by atoms with van der Waals surface area (Å²) in [5.74, 6) is 0.644. The molecule has 0 unspecified atom stereocenters. The molecule has 0 atom stereocenters. The fraction of sp³-hybridized carbons (Fsp3) is 0.533. The zero-order valence-corrected chi connectivity index (χ0v) is 12.3. The van der Waals surface area contributed by atoms with E-state index in [1.165, 1.54) is 12.1 Å². The number of benzene rings is 1. The summed E-state index contributed by atoms with van der Waals surface area (Å²) in [5, 5.41) is 3.57. The van der Waals surface area contributed by atoms with Gasteiger partial charge in [0.25, 0.3) is 0 Å². The monoisotopic (exact) mass is 297 g/mol. The van der Waals surface area contributed by atoms with Crippen LogP contribution in [0.2, 0.25) is 0 Å². The number of thioether (sulfide) groups is 1. The van der Waals surface area contributed by atoms with Gasteiger partial charge in [-0.25, -0.2) is 4.39 Å². The number of hydrogen-bond acceptors (Lipinski definition) is 3. The Bertz CT molecular complexity index is 418. The van der Waals surface area contributed by atoms with Gasteiger partial charge in [0.15, 0.2) is 0 Å². The van der Waals surface area contributed by atoms with Crippen molar-refractivity contribution in [2.45, 2.75) is 24.5 Å². The minimum Gasteiger partial charge on any atom is -0.381 e. The van der Waals surface area contributed by atoms with Gasteiger partial charge in [-0.3, -0.25) is 4.79 Å². The van der Waals surface area contributed by atoms with E-state index in [9.17, 15) is 9.18 Å². The SMILES string of the molecule is O=C(Cc1ccc(F)cc1)NCCSC1CCOCC1. The van der Waals surface area contributed by atoms with E-state index in [0.29, 0.717) is 18.2 Å². The highest BCUT2D eigenvalue weighted by atomic mass is 32.2. The molecule has 20 heavy (non-hydrogen) atoms. The molecular weight excluding hydrogens is 277 g/mol. The molecule has 1 N–H and O–H groups in total. The van der Waals surface area contributed by atoms with Gasteiger partial charge in [-0.15, -0.1) is 0 Å². The average molecular weight is 297 g/mol. The Labute approximate surface area is 123 Å². The van der Waals surface area contributed by atoms with Crippen LogP contribution in [0, 0.1) is 5.82 Å². The molecule has 0 bridgehead atoms. The van der Waals surface area contributed by atoms with Gasteiger partial charge in [-0.1, -0.05) is 12.1 Å². The Morgan fingerprint density at radius 2 is 2.00 bits per heavy atom. The van der Waals surface area contributed by atoms with Crippen molar-refractivity contribution in [1.82, 2.24) is 5.32 Å². The zero-order valence-electron chi connectivity index (χ0n) is 11.4. The minimum atomic E-state index is -0.276. The number of rotatable bonds is 6. The normalized spacial score (nSPS) is 16.1. The molecular formula is C15H20FNO2S. The van der Waals surface area contributed by atoms with E-state index in [2.05, 4.69) is 5.32 Å². The Kier molecular flexibility index (Phi) is 6.33.